The number of carbonyl (C=O) groups excluding carboxylic acids is 1. The van der Waals surface area contributed by atoms with Crippen LogP contribution in [0.25, 0.3) is 0 Å². The molecule has 3 aromatic carbocycles. The number of rotatable bonds is 10. The standard InChI is InChI=1S/C26H30N2O5S/c1-19-6-13-24(14-7-19)34(30,31)28(25-17-20(2)5-8-21(25)3)18-26(29)27-15-16-33-23-11-9-22(32-4)10-12-23/h5-14,17H,15-16,18H2,1-4H3,(H,27,29). The third-order valence-corrected chi connectivity index (χ3v) is 7.06. The Labute approximate surface area is 201 Å². The summed E-state index contributed by atoms with van der Waals surface area (Å²) in [6.45, 7) is 5.73. The summed E-state index contributed by atoms with van der Waals surface area (Å²) in [7, 11) is -2.37. The summed E-state index contributed by atoms with van der Waals surface area (Å²) in [5.74, 6) is 0.950. The molecule has 34 heavy (non-hydrogen) atoms. The first-order valence-corrected chi connectivity index (χ1v) is 12.3. The molecule has 0 heterocycles. The smallest absolute Gasteiger partial charge is 0.264 e. The van der Waals surface area contributed by atoms with Crippen LogP contribution in [0.2, 0.25) is 0 Å². The number of carbonyl (C=O) groups is 1. The van der Waals surface area contributed by atoms with Crippen molar-refractivity contribution in [1.82, 2.24) is 5.32 Å². The van der Waals surface area contributed by atoms with Crippen LogP contribution < -0.4 is 19.1 Å². The summed E-state index contributed by atoms with van der Waals surface area (Å²) in [6, 6.07) is 19.3. The van der Waals surface area contributed by atoms with Gasteiger partial charge in [-0.25, -0.2) is 8.42 Å². The average molecular weight is 483 g/mol. The van der Waals surface area contributed by atoms with Crippen molar-refractivity contribution in [2.24, 2.45) is 0 Å². The number of aryl methyl sites for hydroxylation is 3. The van der Waals surface area contributed by atoms with Gasteiger partial charge in [0.2, 0.25) is 5.91 Å². The number of hydrogen-bond acceptors (Lipinski definition) is 5. The quantitative estimate of drug-likeness (QED) is 0.442. The molecule has 0 fully saturated rings. The van der Waals surface area contributed by atoms with Crippen LogP contribution in [-0.4, -0.2) is 41.1 Å². The molecule has 0 atom stereocenters. The SMILES string of the molecule is COc1ccc(OCCNC(=O)CN(c2cc(C)ccc2C)S(=O)(=O)c2ccc(C)cc2)cc1. The molecule has 3 rings (SSSR count). The van der Waals surface area contributed by atoms with Crippen LogP contribution in [0.15, 0.2) is 71.6 Å². The van der Waals surface area contributed by atoms with Crippen molar-refractivity contribution in [3.63, 3.8) is 0 Å². The van der Waals surface area contributed by atoms with E-state index in [1.54, 1.807) is 61.7 Å². The lowest BCUT2D eigenvalue weighted by Gasteiger charge is -2.26. The van der Waals surface area contributed by atoms with Gasteiger partial charge in [0, 0.05) is 0 Å². The number of anilines is 1. The van der Waals surface area contributed by atoms with E-state index in [0.717, 1.165) is 22.4 Å². The molecule has 0 aliphatic rings. The predicted octanol–water partition coefficient (Wildman–Crippen LogP) is 4.01. The van der Waals surface area contributed by atoms with E-state index in [1.807, 2.05) is 32.9 Å². The third kappa shape index (κ3) is 6.29. The molecular weight excluding hydrogens is 452 g/mol. The molecule has 7 nitrogen and oxygen atoms in total. The molecular formula is C26H30N2O5S. The second kappa shape index (κ2) is 11.1. The van der Waals surface area contributed by atoms with Crippen molar-refractivity contribution >= 4 is 21.6 Å². The lowest BCUT2D eigenvalue weighted by Crippen LogP contribution is -2.42. The van der Waals surface area contributed by atoms with E-state index in [-0.39, 0.29) is 24.6 Å². The highest BCUT2D eigenvalue weighted by molar-refractivity contribution is 7.92. The highest BCUT2D eigenvalue weighted by Gasteiger charge is 2.28. The fourth-order valence-electron chi connectivity index (χ4n) is 3.34. The van der Waals surface area contributed by atoms with E-state index in [0.29, 0.717) is 11.4 Å². The summed E-state index contributed by atoms with van der Waals surface area (Å²) in [5.41, 5.74) is 3.09. The molecule has 0 saturated heterocycles. The van der Waals surface area contributed by atoms with Gasteiger partial charge in [0.05, 0.1) is 24.2 Å². The zero-order chi connectivity index (χ0) is 24.7. The lowest BCUT2D eigenvalue weighted by atomic mass is 10.1. The van der Waals surface area contributed by atoms with Gasteiger partial charge in [-0.2, -0.15) is 0 Å². The van der Waals surface area contributed by atoms with E-state index >= 15 is 0 Å². The van der Waals surface area contributed by atoms with Gasteiger partial charge in [0.15, 0.2) is 0 Å². The Bertz CT molecular complexity index is 1220. The molecule has 1 amide bonds. The van der Waals surface area contributed by atoms with Crippen LogP contribution >= 0.6 is 0 Å². The van der Waals surface area contributed by atoms with Crippen LogP contribution in [0, 0.1) is 20.8 Å². The Morgan fingerprint density at radius 1 is 0.882 bits per heavy atom. The van der Waals surface area contributed by atoms with E-state index in [2.05, 4.69) is 5.32 Å². The molecule has 0 aliphatic carbocycles. The summed E-state index contributed by atoms with van der Waals surface area (Å²) in [6.07, 6.45) is 0. The van der Waals surface area contributed by atoms with Gasteiger partial charge in [-0.15, -0.1) is 0 Å². The van der Waals surface area contributed by atoms with Crippen molar-refractivity contribution in [2.75, 3.05) is 31.1 Å². The van der Waals surface area contributed by atoms with Gasteiger partial charge in [-0.1, -0.05) is 29.8 Å². The summed E-state index contributed by atoms with van der Waals surface area (Å²) < 4.78 is 38.9. The maximum absolute atomic E-state index is 13.5. The highest BCUT2D eigenvalue weighted by Crippen LogP contribution is 2.28. The van der Waals surface area contributed by atoms with Crippen molar-refractivity contribution in [2.45, 2.75) is 25.7 Å². The maximum atomic E-state index is 13.5. The van der Waals surface area contributed by atoms with E-state index in [4.69, 9.17) is 9.47 Å². The Morgan fingerprint density at radius 3 is 2.15 bits per heavy atom. The molecule has 0 spiro atoms. The first kappa shape index (κ1) is 25.1. The van der Waals surface area contributed by atoms with Gasteiger partial charge in [0.25, 0.3) is 10.0 Å². The third-order valence-electron chi connectivity index (χ3n) is 5.28. The number of nitrogens with one attached hydrogen (secondary N) is 1. The number of nitrogens with zero attached hydrogens (tertiary/aromatic N) is 1. The molecule has 8 heteroatoms. The van der Waals surface area contributed by atoms with E-state index < -0.39 is 15.9 Å². The van der Waals surface area contributed by atoms with Crippen LogP contribution in [0.4, 0.5) is 5.69 Å². The average Bonchev–Trinajstić information content (AvgIpc) is 2.82. The molecule has 180 valence electrons. The fraction of sp³-hybridized carbons (Fsp3) is 0.269. The van der Waals surface area contributed by atoms with Crippen molar-refractivity contribution in [1.29, 1.82) is 0 Å². The minimum absolute atomic E-state index is 0.134. The first-order valence-electron chi connectivity index (χ1n) is 10.9. The van der Waals surface area contributed by atoms with Crippen LogP contribution in [-0.2, 0) is 14.8 Å². The van der Waals surface area contributed by atoms with Crippen molar-refractivity contribution in [3.8, 4) is 11.5 Å². The first-order chi connectivity index (χ1) is 16.2. The Morgan fingerprint density at radius 2 is 1.50 bits per heavy atom. The van der Waals surface area contributed by atoms with Gasteiger partial charge in [0.1, 0.15) is 24.7 Å². The molecule has 0 aromatic heterocycles. The van der Waals surface area contributed by atoms with E-state index in [1.165, 1.54) is 4.31 Å². The molecule has 0 unspecified atom stereocenters. The monoisotopic (exact) mass is 482 g/mol. The van der Waals surface area contributed by atoms with Crippen LogP contribution in [0.3, 0.4) is 0 Å². The van der Waals surface area contributed by atoms with Crippen LogP contribution in [0.1, 0.15) is 16.7 Å². The molecule has 3 aromatic rings. The minimum Gasteiger partial charge on any atom is -0.497 e. The van der Waals surface area contributed by atoms with E-state index in [9.17, 15) is 13.2 Å². The Balaban J connectivity index is 1.72. The summed E-state index contributed by atoms with van der Waals surface area (Å²) in [4.78, 5) is 12.9. The molecule has 0 radical (unpaired) electrons. The van der Waals surface area contributed by atoms with Crippen molar-refractivity contribution in [3.05, 3.63) is 83.4 Å². The number of ether oxygens (including phenoxy) is 2. The molecule has 1 N–H and O–H groups in total. The molecule has 0 saturated carbocycles. The highest BCUT2D eigenvalue weighted by atomic mass is 32.2. The Hall–Kier alpha value is -3.52. The normalized spacial score (nSPS) is 11.1. The zero-order valence-electron chi connectivity index (χ0n) is 19.9. The second-order valence-corrected chi connectivity index (χ2v) is 9.85. The summed E-state index contributed by atoms with van der Waals surface area (Å²) >= 11 is 0. The molecule has 0 bridgehead atoms. The topological polar surface area (TPSA) is 84.9 Å². The minimum atomic E-state index is -3.96. The van der Waals surface area contributed by atoms with Gasteiger partial charge in [-0.3, -0.25) is 9.10 Å². The predicted molar refractivity (Wildman–Crippen MR) is 133 cm³/mol. The van der Waals surface area contributed by atoms with Gasteiger partial charge >= 0.3 is 0 Å². The van der Waals surface area contributed by atoms with Gasteiger partial charge in [-0.05, 0) is 74.4 Å². The largest absolute Gasteiger partial charge is 0.497 e. The second-order valence-electron chi connectivity index (χ2n) is 7.99. The lowest BCUT2D eigenvalue weighted by molar-refractivity contribution is -0.119. The maximum Gasteiger partial charge on any atom is 0.264 e. The zero-order valence-corrected chi connectivity index (χ0v) is 20.7. The summed E-state index contributed by atoms with van der Waals surface area (Å²) in [5, 5.41) is 2.75. The molecule has 0 aliphatic heterocycles. The fourth-order valence-corrected chi connectivity index (χ4v) is 4.82. The number of amides is 1. The van der Waals surface area contributed by atoms with Crippen LogP contribution in [0.5, 0.6) is 11.5 Å². The number of sulfonamides is 1. The Kier molecular flexibility index (Phi) is 8.17. The number of hydrogen-bond donors (Lipinski definition) is 1. The number of benzene rings is 3. The van der Waals surface area contributed by atoms with Crippen molar-refractivity contribution < 1.29 is 22.7 Å². The number of methoxy groups -OCH3 is 1. The van der Waals surface area contributed by atoms with Gasteiger partial charge < -0.3 is 14.8 Å².